The Labute approximate surface area is 68.5 Å². The molecule has 0 amide bonds. The molecule has 1 aromatic carbocycles. The molecule has 0 aliphatic rings. The molecule has 2 rings (SSSR count). The van der Waals surface area contributed by atoms with Gasteiger partial charge in [0.25, 0.3) is 0 Å². The van der Waals surface area contributed by atoms with Crippen LogP contribution in [0.25, 0.3) is 10.1 Å². The molecule has 51 valence electrons. The van der Waals surface area contributed by atoms with Crippen molar-refractivity contribution in [3.05, 3.63) is 35.2 Å². The number of nitriles is 1. The van der Waals surface area contributed by atoms with Crippen LogP contribution in [0, 0.1) is 17.4 Å². The first-order valence-electron chi connectivity index (χ1n) is 3.20. The Morgan fingerprint density at radius 1 is 1.55 bits per heavy atom. The van der Waals surface area contributed by atoms with Crippen molar-refractivity contribution in [3.8, 4) is 6.07 Å². The van der Waals surface area contributed by atoms with E-state index in [0.717, 1.165) is 15.0 Å². The van der Waals surface area contributed by atoms with Crippen LogP contribution in [0.1, 0.15) is 4.88 Å². The summed E-state index contributed by atoms with van der Waals surface area (Å²) in [6.45, 7) is 0. The van der Waals surface area contributed by atoms with Crippen LogP contribution in [-0.4, -0.2) is 0 Å². The standard InChI is InChI=1S/C9H4NS/c10-6-8-5-7-3-1-2-4-9(7)11-8/h1-3,5H. The first kappa shape index (κ1) is 6.38. The number of fused-ring (bicyclic) bond motifs is 1. The first-order chi connectivity index (χ1) is 5.40. The van der Waals surface area contributed by atoms with Crippen molar-refractivity contribution in [2.45, 2.75) is 0 Å². The summed E-state index contributed by atoms with van der Waals surface area (Å²) in [6.07, 6.45) is 0. The molecule has 0 unspecified atom stereocenters. The molecule has 0 aliphatic heterocycles. The number of hydrogen-bond donors (Lipinski definition) is 0. The Hall–Kier alpha value is -1.33. The van der Waals surface area contributed by atoms with Crippen molar-refractivity contribution in [2.75, 3.05) is 0 Å². The maximum atomic E-state index is 8.59. The lowest BCUT2D eigenvalue weighted by molar-refractivity contribution is 1.52. The van der Waals surface area contributed by atoms with Gasteiger partial charge in [-0.2, -0.15) is 5.26 Å². The number of rotatable bonds is 0. The summed E-state index contributed by atoms with van der Waals surface area (Å²) < 4.78 is 1.06. The minimum absolute atomic E-state index is 0.752. The second kappa shape index (κ2) is 2.37. The number of hydrogen-bond acceptors (Lipinski definition) is 2. The molecule has 0 saturated carbocycles. The van der Waals surface area contributed by atoms with Crippen LogP contribution >= 0.6 is 11.3 Å². The van der Waals surface area contributed by atoms with E-state index in [4.69, 9.17) is 5.26 Å². The van der Waals surface area contributed by atoms with E-state index < -0.39 is 0 Å². The minimum Gasteiger partial charge on any atom is -0.192 e. The lowest BCUT2D eigenvalue weighted by Crippen LogP contribution is -1.58. The summed E-state index contributed by atoms with van der Waals surface area (Å²) in [5.41, 5.74) is 0. The summed E-state index contributed by atoms with van der Waals surface area (Å²) in [6, 6.07) is 12.9. The average Bonchev–Trinajstić information content (AvgIpc) is 2.46. The van der Waals surface area contributed by atoms with Gasteiger partial charge >= 0.3 is 0 Å². The summed E-state index contributed by atoms with van der Waals surface area (Å²) in [7, 11) is 0. The van der Waals surface area contributed by atoms with Crippen molar-refractivity contribution >= 4 is 21.4 Å². The Morgan fingerprint density at radius 2 is 2.45 bits per heavy atom. The van der Waals surface area contributed by atoms with Crippen LogP contribution in [-0.2, 0) is 0 Å². The highest BCUT2D eigenvalue weighted by Gasteiger charge is 1.97. The Kier molecular flexibility index (Phi) is 1.38. The lowest BCUT2D eigenvalue weighted by Gasteiger charge is -1.81. The molecule has 0 saturated heterocycles. The molecule has 1 heterocycles. The quantitative estimate of drug-likeness (QED) is 0.578. The van der Waals surface area contributed by atoms with Gasteiger partial charge in [0.1, 0.15) is 10.9 Å². The van der Waals surface area contributed by atoms with Crippen molar-refractivity contribution < 1.29 is 0 Å². The molecule has 1 aromatic heterocycles. The van der Waals surface area contributed by atoms with Crippen molar-refractivity contribution in [1.29, 1.82) is 5.26 Å². The third-order valence-electron chi connectivity index (χ3n) is 1.46. The molecule has 11 heavy (non-hydrogen) atoms. The van der Waals surface area contributed by atoms with Crippen LogP contribution < -0.4 is 0 Å². The molecule has 2 heteroatoms. The van der Waals surface area contributed by atoms with Crippen molar-refractivity contribution in [3.63, 3.8) is 0 Å². The molecular formula is C9H4NS. The van der Waals surface area contributed by atoms with Gasteiger partial charge in [-0.3, -0.25) is 0 Å². The van der Waals surface area contributed by atoms with E-state index in [-0.39, 0.29) is 0 Å². The molecule has 0 bridgehead atoms. The van der Waals surface area contributed by atoms with Gasteiger partial charge in [0, 0.05) is 10.8 Å². The fraction of sp³-hybridized carbons (Fsp3) is 0. The predicted octanol–water partition coefficient (Wildman–Crippen LogP) is 2.57. The summed E-state index contributed by atoms with van der Waals surface area (Å²) in [5.74, 6) is 0. The van der Waals surface area contributed by atoms with Crippen LogP contribution in [0.3, 0.4) is 0 Å². The monoisotopic (exact) mass is 158 g/mol. The van der Waals surface area contributed by atoms with Crippen LogP contribution in [0.2, 0.25) is 0 Å². The van der Waals surface area contributed by atoms with Gasteiger partial charge in [0.15, 0.2) is 0 Å². The molecule has 0 N–H and O–H groups in total. The van der Waals surface area contributed by atoms with Gasteiger partial charge in [0.2, 0.25) is 0 Å². The summed E-state index contributed by atoms with van der Waals surface area (Å²) in [4.78, 5) is 0.752. The Balaban J connectivity index is 2.81. The smallest absolute Gasteiger partial charge is 0.110 e. The summed E-state index contributed by atoms with van der Waals surface area (Å²) in [5, 5.41) is 9.69. The zero-order chi connectivity index (χ0) is 7.68. The molecule has 1 radical (unpaired) electrons. The maximum absolute atomic E-state index is 8.59. The number of benzene rings is 1. The van der Waals surface area contributed by atoms with E-state index in [0.29, 0.717) is 0 Å². The van der Waals surface area contributed by atoms with Crippen LogP contribution in [0.5, 0.6) is 0 Å². The lowest BCUT2D eigenvalue weighted by atomic mass is 10.2. The first-order valence-corrected chi connectivity index (χ1v) is 4.02. The van der Waals surface area contributed by atoms with Gasteiger partial charge in [0.05, 0.1) is 0 Å². The number of thiophene rings is 1. The van der Waals surface area contributed by atoms with Crippen molar-refractivity contribution in [1.82, 2.24) is 0 Å². The molecule has 2 aromatic rings. The van der Waals surface area contributed by atoms with Gasteiger partial charge < -0.3 is 0 Å². The molecule has 0 spiro atoms. The molecule has 0 fully saturated rings. The second-order valence-electron chi connectivity index (χ2n) is 2.18. The van der Waals surface area contributed by atoms with Gasteiger partial charge in [-0.1, -0.05) is 18.2 Å². The molecule has 0 aliphatic carbocycles. The van der Waals surface area contributed by atoms with E-state index >= 15 is 0 Å². The predicted molar refractivity (Wildman–Crippen MR) is 45.4 cm³/mol. The van der Waals surface area contributed by atoms with Crippen LogP contribution in [0.4, 0.5) is 0 Å². The normalized spacial score (nSPS) is 9.73. The highest BCUT2D eigenvalue weighted by atomic mass is 32.1. The maximum Gasteiger partial charge on any atom is 0.110 e. The van der Waals surface area contributed by atoms with Gasteiger partial charge in [-0.15, -0.1) is 11.3 Å². The largest absolute Gasteiger partial charge is 0.192 e. The minimum atomic E-state index is 0.752. The SMILES string of the molecule is N#Cc1cc2ccc[c]c2s1. The van der Waals surface area contributed by atoms with E-state index in [1.54, 1.807) is 0 Å². The van der Waals surface area contributed by atoms with Gasteiger partial charge in [-0.25, -0.2) is 0 Å². The van der Waals surface area contributed by atoms with E-state index in [1.807, 2.05) is 24.3 Å². The second-order valence-corrected chi connectivity index (χ2v) is 3.23. The van der Waals surface area contributed by atoms with Crippen molar-refractivity contribution in [2.24, 2.45) is 0 Å². The fourth-order valence-electron chi connectivity index (χ4n) is 0.972. The van der Waals surface area contributed by atoms with E-state index in [9.17, 15) is 0 Å². The highest BCUT2D eigenvalue weighted by Crippen LogP contribution is 2.23. The fourth-order valence-corrected chi connectivity index (χ4v) is 1.80. The molecule has 0 atom stereocenters. The third-order valence-corrected chi connectivity index (χ3v) is 2.44. The summed E-state index contributed by atoms with van der Waals surface area (Å²) >= 11 is 1.48. The van der Waals surface area contributed by atoms with Crippen LogP contribution in [0.15, 0.2) is 24.3 Å². The van der Waals surface area contributed by atoms with E-state index in [1.165, 1.54) is 11.3 Å². The topological polar surface area (TPSA) is 23.8 Å². The average molecular weight is 158 g/mol. The molecular weight excluding hydrogens is 154 g/mol. The van der Waals surface area contributed by atoms with Gasteiger partial charge in [-0.05, 0) is 11.5 Å². The molecule has 1 nitrogen and oxygen atoms in total. The highest BCUT2D eigenvalue weighted by molar-refractivity contribution is 7.19. The van der Waals surface area contributed by atoms with E-state index in [2.05, 4.69) is 12.1 Å². The zero-order valence-electron chi connectivity index (χ0n) is 5.66. The Bertz CT molecular complexity index is 389. The Morgan fingerprint density at radius 3 is 3.18 bits per heavy atom. The third kappa shape index (κ3) is 0.997. The zero-order valence-corrected chi connectivity index (χ0v) is 6.48. The number of nitrogens with zero attached hydrogens (tertiary/aromatic N) is 1.